The summed E-state index contributed by atoms with van der Waals surface area (Å²) in [5.41, 5.74) is 0. The van der Waals surface area contributed by atoms with E-state index in [2.05, 4.69) is 12.2 Å². The van der Waals surface area contributed by atoms with E-state index in [0.717, 1.165) is 0 Å². The molecule has 46 valence electrons. The van der Waals surface area contributed by atoms with Crippen LogP contribution in [0.5, 0.6) is 0 Å². The van der Waals surface area contributed by atoms with Gasteiger partial charge in [0.05, 0.1) is 5.97 Å². The number of aliphatic hydroxyl groups excluding tert-OH is 1. The van der Waals surface area contributed by atoms with Gasteiger partial charge < -0.3 is 15.0 Å². The van der Waals surface area contributed by atoms with Crippen molar-refractivity contribution in [1.82, 2.24) is 0 Å². The van der Waals surface area contributed by atoms with Crippen molar-refractivity contribution in [2.75, 3.05) is 6.61 Å². The van der Waals surface area contributed by atoms with E-state index in [1.807, 2.05) is 0 Å². The number of carboxylic acid groups (broad SMARTS) is 1. The SMILES string of the molecule is O=C([O-])C(=S)CCO.[Na+]. The summed E-state index contributed by atoms with van der Waals surface area (Å²) in [4.78, 5) is 9.50. The van der Waals surface area contributed by atoms with Gasteiger partial charge in [-0.1, -0.05) is 12.2 Å². The van der Waals surface area contributed by atoms with Gasteiger partial charge in [0, 0.05) is 17.9 Å². The van der Waals surface area contributed by atoms with E-state index in [9.17, 15) is 9.90 Å². The molecule has 0 radical (unpaired) electrons. The van der Waals surface area contributed by atoms with Crippen LogP contribution in [0.25, 0.3) is 0 Å². The normalized spacial score (nSPS) is 7.67. The first kappa shape index (κ1) is 12.2. The van der Waals surface area contributed by atoms with Crippen molar-refractivity contribution in [2.24, 2.45) is 0 Å². The molecule has 0 aliphatic carbocycles. The standard InChI is InChI=1S/C4H6O3S.Na/c5-2-1-3(8)4(6)7;/h5H,1-2H2,(H,6,7);/q;+1/p-1. The van der Waals surface area contributed by atoms with Gasteiger partial charge in [0.1, 0.15) is 0 Å². The van der Waals surface area contributed by atoms with E-state index >= 15 is 0 Å². The number of carbonyl (C=O) groups excluding carboxylic acids is 1. The summed E-state index contributed by atoms with van der Waals surface area (Å²) in [7, 11) is 0. The molecule has 0 bridgehead atoms. The molecule has 1 N–H and O–H groups in total. The Labute approximate surface area is 80.4 Å². The number of hydrogen-bond acceptors (Lipinski definition) is 4. The Morgan fingerprint density at radius 3 is 2.22 bits per heavy atom. The van der Waals surface area contributed by atoms with E-state index in [1.54, 1.807) is 0 Å². The Kier molecular flexibility index (Phi) is 9.01. The Bertz CT molecular complexity index is 114. The van der Waals surface area contributed by atoms with Crippen LogP contribution in [0.2, 0.25) is 0 Å². The third-order valence-electron chi connectivity index (χ3n) is 0.567. The van der Waals surface area contributed by atoms with Crippen molar-refractivity contribution in [3.63, 3.8) is 0 Å². The van der Waals surface area contributed by atoms with E-state index in [1.165, 1.54) is 0 Å². The molecule has 0 spiro atoms. The molecule has 0 aromatic rings. The number of rotatable bonds is 3. The molecule has 0 unspecified atom stereocenters. The average Bonchev–Trinajstić information content (AvgIpc) is 1.67. The topological polar surface area (TPSA) is 60.4 Å². The number of carboxylic acids is 1. The third-order valence-corrected chi connectivity index (χ3v) is 0.937. The quantitative estimate of drug-likeness (QED) is 0.330. The molecule has 5 heteroatoms. The molecular weight excluding hydrogens is 151 g/mol. The summed E-state index contributed by atoms with van der Waals surface area (Å²) in [6, 6.07) is 0. The molecule has 0 rings (SSSR count). The van der Waals surface area contributed by atoms with Crippen molar-refractivity contribution in [1.29, 1.82) is 0 Å². The van der Waals surface area contributed by atoms with Gasteiger partial charge in [-0.05, 0) is 0 Å². The molecule has 0 aliphatic rings. The molecule has 9 heavy (non-hydrogen) atoms. The first-order valence-electron chi connectivity index (χ1n) is 2.03. The fourth-order valence-corrected chi connectivity index (χ4v) is 0.295. The van der Waals surface area contributed by atoms with Crippen molar-refractivity contribution < 1.29 is 44.6 Å². The molecule has 0 aliphatic heterocycles. The molecule has 0 atom stereocenters. The van der Waals surface area contributed by atoms with Crippen LogP contribution >= 0.6 is 12.2 Å². The van der Waals surface area contributed by atoms with E-state index in [4.69, 9.17) is 5.11 Å². The molecule has 0 fully saturated rings. The van der Waals surface area contributed by atoms with Crippen molar-refractivity contribution in [3.05, 3.63) is 0 Å². The zero-order chi connectivity index (χ0) is 6.57. The fourth-order valence-electron chi connectivity index (χ4n) is 0.204. The first-order valence-corrected chi connectivity index (χ1v) is 2.44. The smallest absolute Gasteiger partial charge is 0.544 e. The second kappa shape index (κ2) is 6.64. The Balaban J connectivity index is 0. The van der Waals surface area contributed by atoms with Gasteiger partial charge in [-0.25, -0.2) is 0 Å². The van der Waals surface area contributed by atoms with Crippen LogP contribution in [0.3, 0.4) is 0 Å². The molecule has 3 nitrogen and oxygen atoms in total. The first-order chi connectivity index (χ1) is 3.68. The van der Waals surface area contributed by atoms with Crippen LogP contribution in [0.1, 0.15) is 6.42 Å². The van der Waals surface area contributed by atoms with Gasteiger partial charge in [0.15, 0.2) is 0 Å². The molecule has 0 amide bonds. The predicted octanol–water partition coefficient (Wildman–Crippen LogP) is -4.51. The summed E-state index contributed by atoms with van der Waals surface area (Å²) in [6.07, 6.45) is 0.0116. The summed E-state index contributed by atoms with van der Waals surface area (Å²) < 4.78 is 0. The number of hydrogen-bond donors (Lipinski definition) is 1. The second-order valence-electron chi connectivity index (χ2n) is 1.18. The summed E-state index contributed by atoms with van der Waals surface area (Å²) in [5.74, 6) is -1.37. The van der Waals surface area contributed by atoms with Crippen LogP contribution in [-0.2, 0) is 4.79 Å². The van der Waals surface area contributed by atoms with E-state index < -0.39 is 5.97 Å². The Morgan fingerprint density at radius 2 is 2.11 bits per heavy atom. The van der Waals surface area contributed by atoms with Gasteiger partial charge in [-0.3, -0.25) is 0 Å². The van der Waals surface area contributed by atoms with Crippen LogP contribution in [-0.4, -0.2) is 22.5 Å². The van der Waals surface area contributed by atoms with Gasteiger partial charge in [0.2, 0.25) is 0 Å². The van der Waals surface area contributed by atoms with Gasteiger partial charge in [-0.2, -0.15) is 0 Å². The molecular formula is C4H5NaO3S. The fraction of sp³-hybridized carbons (Fsp3) is 0.500. The largest absolute Gasteiger partial charge is 1.00 e. The van der Waals surface area contributed by atoms with Crippen LogP contribution in [0.15, 0.2) is 0 Å². The van der Waals surface area contributed by atoms with Gasteiger partial charge in [-0.15, -0.1) is 0 Å². The maximum Gasteiger partial charge on any atom is 1.00 e. The monoisotopic (exact) mass is 156 g/mol. The summed E-state index contributed by atoms with van der Waals surface area (Å²) >= 11 is 4.26. The van der Waals surface area contributed by atoms with Crippen LogP contribution in [0.4, 0.5) is 0 Å². The van der Waals surface area contributed by atoms with Crippen LogP contribution < -0.4 is 34.7 Å². The molecule has 0 aromatic carbocycles. The molecule has 0 aromatic heterocycles. The van der Waals surface area contributed by atoms with Gasteiger partial charge in [0.25, 0.3) is 0 Å². The minimum Gasteiger partial charge on any atom is -0.544 e. The number of thiocarbonyl (C=S) groups is 1. The molecule has 0 saturated carbocycles. The number of aliphatic hydroxyl groups is 1. The van der Waals surface area contributed by atoms with Crippen LogP contribution in [0, 0.1) is 0 Å². The third kappa shape index (κ3) is 6.40. The Hall–Kier alpha value is 0.520. The van der Waals surface area contributed by atoms with E-state index in [-0.39, 0.29) is 47.4 Å². The van der Waals surface area contributed by atoms with Crippen molar-refractivity contribution in [2.45, 2.75) is 6.42 Å². The van der Waals surface area contributed by atoms with Crippen molar-refractivity contribution in [3.8, 4) is 0 Å². The maximum absolute atomic E-state index is 9.73. The average molecular weight is 156 g/mol. The second-order valence-corrected chi connectivity index (χ2v) is 1.68. The van der Waals surface area contributed by atoms with Gasteiger partial charge >= 0.3 is 29.6 Å². The molecule has 0 saturated heterocycles. The van der Waals surface area contributed by atoms with E-state index in [0.29, 0.717) is 0 Å². The van der Waals surface area contributed by atoms with Crippen molar-refractivity contribution >= 4 is 23.1 Å². The summed E-state index contributed by atoms with van der Waals surface area (Å²) in [6.45, 7) is -0.229. The zero-order valence-electron chi connectivity index (χ0n) is 5.09. The summed E-state index contributed by atoms with van der Waals surface area (Å²) in [5, 5.41) is 17.8. The Morgan fingerprint density at radius 1 is 1.67 bits per heavy atom. The zero-order valence-corrected chi connectivity index (χ0v) is 7.90. The predicted molar refractivity (Wildman–Crippen MR) is 29.3 cm³/mol. The molecule has 0 heterocycles. The maximum atomic E-state index is 9.73. The number of carbonyl (C=O) groups is 1. The number of aliphatic carboxylic acids is 1. The minimum absolute atomic E-state index is 0. The minimum atomic E-state index is -1.37.